The molecule has 1 aliphatic carbocycles. The molecule has 1 nitrogen and oxygen atoms in total. The molecule has 0 unspecified atom stereocenters. The summed E-state index contributed by atoms with van der Waals surface area (Å²) in [5.74, 6) is -15.6. The van der Waals surface area contributed by atoms with E-state index in [1.165, 1.54) is 28.8 Å². The Bertz CT molecular complexity index is 1280. The third-order valence-electron chi connectivity index (χ3n) is 7.24. The summed E-state index contributed by atoms with van der Waals surface area (Å²) < 4.78 is 92.4. The van der Waals surface area contributed by atoms with E-state index in [1.807, 2.05) is 13.8 Å². The van der Waals surface area contributed by atoms with Crippen LogP contribution in [-0.2, 0) is 12.8 Å². The van der Waals surface area contributed by atoms with Crippen molar-refractivity contribution in [1.29, 1.82) is 0 Å². The van der Waals surface area contributed by atoms with Gasteiger partial charge in [-0.2, -0.15) is 26.3 Å². The summed E-state index contributed by atoms with van der Waals surface area (Å²) in [5.41, 5.74) is -2.15. The number of pyridine rings is 1. The smallest absolute Gasteiger partial charge is 0.265 e. The van der Waals surface area contributed by atoms with Gasteiger partial charge in [-0.05, 0) is 72.0 Å². The van der Waals surface area contributed by atoms with Gasteiger partial charge in [0, 0.05) is 38.2 Å². The summed E-state index contributed by atoms with van der Waals surface area (Å²) in [7, 11) is 0. The van der Waals surface area contributed by atoms with Crippen molar-refractivity contribution in [2.45, 2.75) is 95.8 Å². The molecule has 3 aromatic heterocycles. The molecule has 0 amide bonds. The minimum absolute atomic E-state index is 0.179. The van der Waals surface area contributed by atoms with E-state index in [-0.39, 0.29) is 11.1 Å². The third-order valence-corrected chi connectivity index (χ3v) is 9.46. The van der Waals surface area contributed by atoms with Crippen molar-refractivity contribution >= 4 is 33.8 Å². The number of thiophene rings is 2. The fourth-order valence-electron chi connectivity index (χ4n) is 5.10. The molecule has 0 atom stereocenters. The highest BCUT2D eigenvalue weighted by Crippen LogP contribution is 2.66. The van der Waals surface area contributed by atoms with Crippen molar-refractivity contribution < 1.29 is 26.3 Å². The number of hydrogen-bond donors (Lipinski definition) is 0. The average Bonchev–Trinajstić information content (AvgIpc) is 3.56. The minimum Gasteiger partial charge on any atom is -0.265 e. The summed E-state index contributed by atoms with van der Waals surface area (Å²) in [4.78, 5) is 5.41. The van der Waals surface area contributed by atoms with E-state index in [9.17, 15) is 0 Å². The first-order chi connectivity index (χ1) is 18.6. The first-order valence-electron chi connectivity index (χ1n) is 13.6. The highest BCUT2D eigenvalue weighted by Gasteiger charge is 2.80. The molecule has 0 aliphatic heterocycles. The van der Waals surface area contributed by atoms with Crippen LogP contribution in [0.25, 0.3) is 21.6 Å². The van der Waals surface area contributed by atoms with Crippen LogP contribution in [0, 0.1) is 0 Å². The topological polar surface area (TPSA) is 12.9 Å². The van der Waals surface area contributed by atoms with Crippen LogP contribution >= 0.6 is 22.7 Å². The van der Waals surface area contributed by atoms with Gasteiger partial charge in [-0.3, -0.25) is 4.98 Å². The first kappa shape index (κ1) is 29.8. The maximum Gasteiger partial charge on any atom is 0.380 e. The highest BCUT2D eigenvalue weighted by atomic mass is 32.1. The third kappa shape index (κ3) is 5.58. The quantitative estimate of drug-likeness (QED) is 0.144. The number of alkyl halides is 6. The van der Waals surface area contributed by atoms with Crippen molar-refractivity contribution in [3.63, 3.8) is 0 Å². The van der Waals surface area contributed by atoms with Gasteiger partial charge in [0.25, 0.3) is 0 Å². The Kier molecular flexibility index (Phi) is 9.31. The lowest BCUT2D eigenvalue weighted by Crippen LogP contribution is -2.48. The maximum atomic E-state index is 15.6. The molecule has 4 rings (SSSR count). The number of allylic oxidation sites excluding steroid dienone is 2. The zero-order valence-corrected chi connectivity index (χ0v) is 23.8. The fraction of sp³-hybridized carbons (Fsp3) is 0.500. The van der Waals surface area contributed by atoms with Crippen LogP contribution < -0.4 is 0 Å². The summed E-state index contributed by atoms with van der Waals surface area (Å²) in [5, 5.41) is 1.53. The van der Waals surface area contributed by atoms with Crippen LogP contribution in [0.3, 0.4) is 0 Å². The number of nitrogens with zero attached hydrogens (tertiary/aromatic N) is 1. The Morgan fingerprint density at radius 3 is 1.85 bits per heavy atom. The Balaban J connectivity index is 1.91. The Morgan fingerprint density at radius 2 is 1.26 bits per heavy atom. The van der Waals surface area contributed by atoms with Gasteiger partial charge >= 0.3 is 17.8 Å². The van der Waals surface area contributed by atoms with Crippen LogP contribution in [0.1, 0.15) is 86.1 Å². The molecular weight excluding hydrogens is 552 g/mol. The predicted molar refractivity (Wildman–Crippen MR) is 149 cm³/mol. The van der Waals surface area contributed by atoms with Crippen LogP contribution in [0.4, 0.5) is 26.3 Å². The SMILES string of the molecule is CCCCCCc1sccc1C1=C(c2cc(-c3ccncc3)sc2CCCCCC)C(F)(F)C(F)(F)C1(F)F. The van der Waals surface area contributed by atoms with Crippen LogP contribution in [0.5, 0.6) is 0 Å². The van der Waals surface area contributed by atoms with Gasteiger partial charge in [-0.25, -0.2) is 0 Å². The van der Waals surface area contributed by atoms with Crippen LogP contribution in [0.2, 0.25) is 0 Å². The molecule has 0 radical (unpaired) electrons. The molecule has 1 aliphatic rings. The number of halogens is 6. The van der Waals surface area contributed by atoms with Crippen molar-refractivity contribution in [3.8, 4) is 10.4 Å². The molecule has 3 aromatic rings. The van der Waals surface area contributed by atoms with Crippen LogP contribution in [-0.4, -0.2) is 22.8 Å². The van der Waals surface area contributed by atoms with Gasteiger partial charge in [0.1, 0.15) is 0 Å². The van der Waals surface area contributed by atoms with Gasteiger partial charge in [0.2, 0.25) is 0 Å². The summed E-state index contributed by atoms with van der Waals surface area (Å²) in [6.07, 6.45) is 10.7. The molecular formula is C30H33F6NS2. The molecule has 212 valence electrons. The van der Waals surface area contributed by atoms with E-state index in [1.54, 1.807) is 24.5 Å². The average molecular weight is 586 g/mol. The van der Waals surface area contributed by atoms with Gasteiger partial charge in [-0.1, -0.05) is 52.4 Å². The zero-order chi connectivity index (χ0) is 28.3. The highest BCUT2D eigenvalue weighted by molar-refractivity contribution is 7.15. The Morgan fingerprint density at radius 1 is 0.692 bits per heavy atom. The van der Waals surface area contributed by atoms with E-state index < -0.39 is 28.9 Å². The molecule has 0 saturated heterocycles. The van der Waals surface area contributed by atoms with Crippen molar-refractivity contribution in [3.05, 3.63) is 62.9 Å². The molecule has 0 aromatic carbocycles. The van der Waals surface area contributed by atoms with Crippen molar-refractivity contribution in [2.75, 3.05) is 0 Å². The number of unbranched alkanes of at least 4 members (excludes halogenated alkanes) is 6. The Labute approximate surface area is 234 Å². The maximum absolute atomic E-state index is 15.6. The molecule has 9 heteroatoms. The lowest BCUT2D eigenvalue weighted by atomic mass is 9.93. The normalized spacial score (nSPS) is 17.7. The molecule has 39 heavy (non-hydrogen) atoms. The van der Waals surface area contributed by atoms with Crippen LogP contribution in [0.15, 0.2) is 42.0 Å². The molecule has 0 spiro atoms. The zero-order valence-electron chi connectivity index (χ0n) is 22.1. The number of aryl methyl sites for hydroxylation is 2. The largest absolute Gasteiger partial charge is 0.380 e. The van der Waals surface area contributed by atoms with Gasteiger partial charge in [-0.15, -0.1) is 22.7 Å². The number of hydrogen-bond acceptors (Lipinski definition) is 3. The molecule has 0 fully saturated rings. The second kappa shape index (κ2) is 12.2. The molecule has 0 N–H and O–H groups in total. The van der Waals surface area contributed by atoms with E-state index in [4.69, 9.17) is 0 Å². The molecule has 3 heterocycles. The number of aromatic nitrogens is 1. The van der Waals surface area contributed by atoms with Gasteiger partial charge in [0.05, 0.1) is 0 Å². The van der Waals surface area contributed by atoms with E-state index >= 15 is 26.3 Å². The molecule has 0 bridgehead atoms. The molecule has 0 saturated carbocycles. The van der Waals surface area contributed by atoms with E-state index in [0.29, 0.717) is 45.9 Å². The van der Waals surface area contributed by atoms with Gasteiger partial charge in [0.15, 0.2) is 0 Å². The lowest BCUT2D eigenvalue weighted by molar-refractivity contribution is -0.254. The van der Waals surface area contributed by atoms with Crippen molar-refractivity contribution in [2.24, 2.45) is 0 Å². The minimum atomic E-state index is -5.55. The monoisotopic (exact) mass is 585 g/mol. The lowest BCUT2D eigenvalue weighted by Gasteiger charge is -2.26. The predicted octanol–water partition coefficient (Wildman–Crippen LogP) is 10.9. The van der Waals surface area contributed by atoms with Crippen molar-refractivity contribution in [1.82, 2.24) is 4.98 Å². The second-order valence-electron chi connectivity index (χ2n) is 10.0. The summed E-state index contributed by atoms with van der Waals surface area (Å²) in [6, 6.07) is 6.07. The Hall–Kier alpha value is -2.13. The first-order valence-corrected chi connectivity index (χ1v) is 15.3. The fourth-order valence-corrected chi connectivity index (χ4v) is 7.24. The van der Waals surface area contributed by atoms with E-state index in [0.717, 1.165) is 49.9 Å². The summed E-state index contributed by atoms with van der Waals surface area (Å²) in [6.45, 7) is 4.08. The van der Waals surface area contributed by atoms with E-state index in [2.05, 4.69) is 4.98 Å². The standard InChI is InChI=1S/C30H33F6NS2/c1-3-5-7-9-11-23-21(15-18-38-23)26-27(29(33,34)30(35,36)28(26,31)32)22-19-25(20-13-16-37-17-14-20)39-24(22)12-10-8-6-4-2/h13-19H,3-12H2,1-2H3. The summed E-state index contributed by atoms with van der Waals surface area (Å²) >= 11 is 2.36. The second-order valence-corrected chi connectivity index (χ2v) is 12.2. The van der Waals surface area contributed by atoms with Gasteiger partial charge < -0.3 is 0 Å². The number of rotatable bonds is 13.